The largest absolute Gasteiger partial charge is 0.369 e. The molecule has 0 radical (unpaired) electrons. The molecule has 0 aliphatic carbocycles. The highest BCUT2D eigenvalue weighted by Gasteiger charge is 2.29. The molecule has 2 saturated heterocycles. The zero-order chi connectivity index (χ0) is 18.3. The fourth-order valence-corrected chi connectivity index (χ4v) is 4.41. The lowest BCUT2D eigenvalue weighted by Gasteiger charge is -2.34. The van der Waals surface area contributed by atoms with Gasteiger partial charge in [-0.25, -0.2) is 4.98 Å². The molecule has 0 bridgehead atoms. The minimum atomic E-state index is 0.0454. The summed E-state index contributed by atoms with van der Waals surface area (Å²) in [6, 6.07) is 4.61. The lowest BCUT2D eigenvalue weighted by Crippen LogP contribution is -2.44. The summed E-state index contributed by atoms with van der Waals surface area (Å²) in [6.07, 6.45) is 2.67. The van der Waals surface area contributed by atoms with Crippen LogP contribution in [0.25, 0.3) is 11.0 Å². The Balaban J connectivity index is 1.61. The first-order chi connectivity index (χ1) is 12.4. The minimum absolute atomic E-state index is 0.0454. The molecule has 0 spiro atoms. The zero-order valence-electron chi connectivity index (χ0n) is 16.8. The van der Waals surface area contributed by atoms with Crippen LogP contribution in [0.3, 0.4) is 0 Å². The highest BCUT2D eigenvalue weighted by atomic mass is 15.2. The Morgan fingerprint density at radius 1 is 1.04 bits per heavy atom. The van der Waals surface area contributed by atoms with E-state index >= 15 is 0 Å². The van der Waals surface area contributed by atoms with Gasteiger partial charge in [-0.15, -0.1) is 0 Å². The van der Waals surface area contributed by atoms with Crippen LogP contribution in [0, 0.1) is 6.92 Å². The molecule has 0 unspecified atom stereocenters. The Morgan fingerprint density at radius 2 is 1.73 bits per heavy atom. The number of nitrogens with zero attached hydrogens (tertiary/aromatic N) is 4. The molecule has 0 atom stereocenters. The van der Waals surface area contributed by atoms with E-state index in [9.17, 15) is 0 Å². The summed E-state index contributed by atoms with van der Waals surface area (Å²) in [5.74, 6) is 1.12. The number of aryl methyl sites for hydroxylation is 1. The lowest BCUT2D eigenvalue weighted by molar-refractivity contribution is 0.263. The first-order valence-electron chi connectivity index (χ1n) is 10.1. The van der Waals surface area contributed by atoms with Gasteiger partial charge in [0.1, 0.15) is 5.82 Å². The normalized spacial score (nSPS) is 20.4. The van der Waals surface area contributed by atoms with E-state index in [0.717, 1.165) is 44.1 Å². The third kappa shape index (κ3) is 3.47. The summed E-state index contributed by atoms with van der Waals surface area (Å²) < 4.78 is 0. The van der Waals surface area contributed by atoms with E-state index in [1.807, 2.05) is 0 Å². The maximum absolute atomic E-state index is 5.02. The molecule has 1 N–H and O–H groups in total. The summed E-state index contributed by atoms with van der Waals surface area (Å²) >= 11 is 0. The topological polar surface area (TPSA) is 38.4 Å². The van der Waals surface area contributed by atoms with Gasteiger partial charge in [0.05, 0.1) is 11.0 Å². The third-order valence-corrected chi connectivity index (χ3v) is 6.09. The number of rotatable bonds is 4. The van der Waals surface area contributed by atoms with Gasteiger partial charge in [0, 0.05) is 43.8 Å². The van der Waals surface area contributed by atoms with E-state index in [2.05, 4.69) is 59.6 Å². The molecule has 5 nitrogen and oxygen atoms in total. The molecule has 142 valence electrons. The number of nitrogens with one attached hydrogen (secondary N) is 1. The number of fused-ring (bicyclic) bond motifs is 1. The molecule has 2 aliphatic rings. The van der Waals surface area contributed by atoms with E-state index < -0.39 is 0 Å². The molecular formula is C21H33N5. The molecule has 5 heteroatoms. The van der Waals surface area contributed by atoms with Crippen LogP contribution < -0.4 is 4.90 Å². The van der Waals surface area contributed by atoms with Crippen LogP contribution in [0.15, 0.2) is 12.1 Å². The molecule has 3 heterocycles. The van der Waals surface area contributed by atoms with Gasteiger partial charge in [0.2, 0.25) is 0 Å². The molecule has 4 rings (SSSR count). The van der Waals surface area contributed by atoms with E-state index in [0.29, 0.717) is 0 Å². The van der Waals surface area contributed by atoms with Crippen LogP contribution in [0.5, 0.6) is 0 Å². The molecular weight excluding hydrogens is 322 g/mol. The Morgan fingerprint density at radius 3 is 2.42 bits per heavy atom. The average molecular weight is 356 g/mol. The van der Waals surface area contributed by atoms with E-state index in [1.54, 1.807) is 0 Å². The second-order valence-corrected chi connectivity index (χ2v) is 8.90. The lowest BCUT2D eigenvalue weighted by atomic mass is 9.92. The molecule has 2 aromatic rings. The van der Waals surface area contributed by atoms with Crippen molar-refractivity contribution in [1.82, 2.24) is 19.8 Å². The number of imidazole rings is 1. The second-order valence-electron chi connectivity index (χ2n) is 8.90. The van der Waals surface area contributed by atoms with Crippen LogP contribution in [0.4, 0.5) is 5.69 Å². The monoisotopic (exact) mass is 355 g/mol. The number of anilines is 1. The highest BCUT2D eigenvalue weighted by molar-refractivity contribution is 5.83. The summed E-state index contributed by atoms with van der Waals surface area (Å²) in [4.78, 5) is 16.2. The number of aromatic nitrogens is 2. The first kappa shape index (κ1) is 17.8. The number of H-pyrrole nitrogens is 1. The quantitative estimate of drug-likeness (QED) is 0.915. The summed E-state index contributed by atoms with van der Waals surface area (Å²) in [6.45, 7) is 14.8. The van der Waals surface area contributed by atoms with Gasteiger partial charge in [0.25, 0.3) is 0 Å². The van der Waals surface area contributed by atoms with E-state index in [-0.39, 0.29) is 5.41 Å². The van der Waals surface area contributed by atoms with Crippen molar-refractivity contribution >= 4 is 16.7 Å². The number of hydrogen-bond donors (Lipinski definition) is 1. The number of likely N-dealkylation sites (N-methyl/N-ethyl adjacent to an activating group) is 1. The van der Waals surface area contributed by atoms with E-state index in [1.165, 1.54) is 42.7 Å². The average Bonchev–Trinajstić information content (AvgIpc) is 3.25. The molecule has 26 heavy (non-hydrogen) atoms. The second kappa shape index (κ2) is 6.86. The molecule has 2 aliphatic heterocycles. The molecule has 0 saturated carbocycles. The van der Waals surface area contributed by atoms with Crippen LogP contribution in [-0.2, 0) is 5.41 Å². The Labute approximate surface area is 157 Å². The first-order valence-corrected chi connectivity index (χ1v) is 10.1. The van der Waals surface area contributed by atoms with Gasteiger partial charge in [-0.1, -0.05) is 13.8 Å². The number of piperazine rings is 1. The maximum Gasteiger partial charge on any atom is 0.114 e. The van der Waals surface area contributed by atoms with Crippen molar-refractivity contribution in [2.24, 2.45) is 0 Å². The smallest absolute Gasteiger partial charge is 0.114 e. The molecule has 1 aromatic heterocycles. The van der Waals surface area contributed by atoms with Gasteiger partial charge >= 0.3 is 0 Å². The van der Waals surface area contributed by atoms with Crippen molar-refractivity contribution in [3.63, 3.8) is 0 Å². The fourth-order valence-electron chi connectivity index (χ4n) is 4.41. The van der Waals surface area contributed by atoms with Crippen molar-refractivity contribution in [1.29, 1.82) is 0 Å². The summed E-state index contributed by atoms with van der Waals surface area (Å²) in [5.41, 5.74) is 4.96. The fraction of sp³-hybridized carbons (Fsp3) is 0.667. The van der Waals surface area contributed by atoms with E-state index in [4.69, 9.17) is 4.98 Å². The zero-order valence-corrected chi connectivity index (χ0v) is 16.8. The molecule has 1 aromatic carbocycles. The predicted molar refractivity (Wildman–Crippen MR) is 109 cm³/mol. The predicted octanol–water partition coefficient (Wildman–Crippen LogP) is 3.00. The van der Waals surface area contributed by atoms with Crippen LogP contribution in [0.2, 0.25) is 0 Å². The standard InChI is InChI=1S/C21H33N5/c1-16-13-17(26-11-9-24(4)10-12-26)14-18-19(16)23-20(22-18)21(2,3)15-25-7-5-6-8-25/h13-14H,5-12,15H2,1-4H3,(H,22,23). The number of aromatic amines is 1. The van der Waals surface area contributed by atoms with Crippen LogP contribution >= 0.6 is 0 Å². The molecule has 0 amide bonds. The number of hydrogen-bond acceptors (Lipinski definition) is 4. The van der Waals surface area contributed by atoms with Gasteiger partial charge in [-0.05, 0) is 57.6 Å². The Kier molecular flexibility index (Phi) is 4.70. The van der Waals surface area contributed by atoms with Gasteiger partial charge in [-0.2, -0.15) is 0 Å². The minimum Gasteiger partial charge on any atom is -0.369 e. The van der Waals surface area contributed by atoms with Crippen molar-refractivity contribution in [2.75, 3.05) is 57.8 Å². The molecule has 2 fully saturated rings. The maximum atomic E-state index is 5.02. The SMILES string of the molecule is Cc1cc(N2CCN(C)CC2)cc2[nH]c(C(C)(C)CN3CCCC3)nc12. The Hall–Kier alpha value is -1.59. The van der Waals surface area contributed by atoms with Crippen molar-refractivity contribution < 1.29 is 0 Å². The summed E-state index contributed by atoms with van der Waals surface area (Å²) in [5, 5.41) is 0. The Bertz CT molecular complexity index is 764. The van der Waals surface area contributed by atoms with Crippen molar-refractivity contribution in [2.45, 2.75) is 39.0 Å². The van der Waals surface area contributed by atoms with Crippen LogP contribution in [-0.4, -0.2) is 72.6 Å². The van der Waals surface area contributed by atoms with Crippen LogP contribution in [0.1, 0.15) is 38.1 Å². The third-order valence-electron chi connectivity index (χ3n) is 6.09. The van der Waals surface area contributed by atoms with Gasteiger partial charge in [-0.3, -0.25) is 0 Å². The summed E-state index contributed by atoms with van der Waals surface area (Å²) in [7, 11) is 2.20. The number of likely N-dealkylation sites (tertiary alicyclic amines) is 1. The van der Waals surface area contributed by atoms with Gasteiger partial charge in [0.15, 0.2) is 0 Å². The van der Waals surface area contributed by atoms with Crippen molar-refractivity contribution in [3.8, 4) is 0 Å². The highest BCUT2D eigenvalue weighted by Crippen LogP contribution is 2.30. The number of benzene rings is 1. The van der Waals surface area contributed by atoms with Gasteiger partial charge < -0.3 is 19.7 Å². The van der Waals surface area contributed by atoms with Crippen molar-refractivity contribution in [3.05, 3.63) is 23.5 Å².